The van der Waals surface area contributed by atoms with E-state index in [1.54, 1.807) is 0 Å². The van der Waals surface area contributed by atoms with Crippen LogP contribution in [0, 0.1) is 0 Å². The fourth-order valence-electron chi connectivity index (χ4n) is 3.42. The summed E-state index contributed by atoms with van der Waals surface area (Å²) in [5.74, 6) is -0.485. The van der Waals surface area contributed by atoms with E-state index >= 15 is 0 Å². The normalized spacial score (nSPS) is 10.7. The van der Waals surface area contributed by atoms with Gasteiger partial charge in [-0.2, -0.15) is 0 Å². The van der Waals surface area contributed by atoms with Gasteiger partial charge in [-0.1, -0.05) is 55.0 Å². The van der Waals surface area contributed by atoms with E-state index in [4.69, 9.17) is 10.7 Å². The molecule has 0 spiro atoms. The number of carbonyl (C=O) groups excluding carboxylic acids is 2. The number of nitrogens with zero attached hydrogens (tertiary/aromatic N) is 1. The first-order valence-electron chi connectivity index (χ1n) is 9.72. The minimum absolute atomic E-state index is 0.465. The van der Waals surface area contributed by atoms with Crippen LogP contribution in [0.1, 0.15) is 35.2 Å². The second-order valence-electron chi connectivity index (χ2n) is 6.74. The van der Waals surface area contributed by atoms with Crippen LogP contribution in [0.4, 0.5) is 4.79 Å². The van der Waals surface area contributed by atoms with Crippen LogP contribution in [0.3, 0.4) is 0 Å². The molecule has 0 atom stereocenters. The van der Waals surface area contributed by atoms with Gasteiger partial charge in [0.1, 0.15) is 0 Å². The number of rotatable bonds is 7. The monoisotopic (exact) mass is 391 g/mol. The summed E-state index contributed by atoms with van der Waals surface area (Å²) in [4.78, 5) is 29.6. The Morgan fingerprint density at radius 1 is 1.00 bits per heavy atom. The van der Waals surface area contributed by atoms with E-state index in [2.05, 4.69) is 10.1 Å². The van der Waals surface area contributed by atoms with Crippen molar-refractivity contribution in [1.82, 2.24) is 10.3 Å². The van der Waals surface area contributed by atoms with Crippen molar-refractivity contribution in [2.45, 2.75) is 25.7 Å². The van der Waals surface area contributed by atoms with Crippen molar-refractivity contribution < 1.29 is 14.3 Å². The number of nitrogens with two attached hydrogens (primary N) is 1. The van der Waals surface area contributed by atoms with Crippen LogP contribution in [0.2, 0.25) is 0 Å². The van der Waals surface area contributed by atoms with Gasteiger partial charge < -0.3 is 10.5 Å². The van der Waals surface area contributed by atoms with Crippen molar-refractivity contribution in [3.8, 4) is 11.3 Å². The van der Waals surface area contributed by atoms with Gasteiger partial charge in [0.2, 0.25) is 0 Å². The highest BCUT2D eigenvalue weighted by Crippen LogP contribution is 2.31. The average Bonchev–Trinajstić information content (AvgIpc) is 2.76. The van der Waals surface area contributed by atoms with Gasteiger partial charge in [-0.3, -0.25) is 10.1 Å². The topological polar surface area (TPSA) is 94.3 Å². The van der Waals surface area contributed by atoms with Gasteiger partial charge in [0.05, 0.1) is 23.9 Å². The Morgan fingerprint density at radius 3 is 2.45 bits per heavy atom. The molecular formula is C23H25N3O3. The number of hydrogen-bond donors (Lipinski definition) is 2. The highest BCUT2D eigenvalue weighted by Gasteiger charge is 2.22. The number of carbonyl (C=O) groups is 2. The van der Waals surface area contributed by atoms with Crippen LogP contribution in [0.25, 0.3) is 22.2 Å². The van der Waals surface area contributed by atoms with Gasteiger partial charge >= 0.3 is 6.09 Å². The molecule has 0 saturated heterocycles. The highest BCUT2D eigenvalue weighted by atomic mass is 16.5. The van der Waals surface area contributed by atoms with Crippen molar-refractivity contribution in [2.75, 3.05) is 13.7 Å². The number of imide groups is 1. The van der Waals surface area contributed by atoms with Gasteiger partial charge in [0, 0.05) is 10.9 Å². The van der Waals surface area contributed by atoms with Crippen LogP contribution in [-0.2, 0) is 11.2 Å². The molecule has 1 aromatic heterocycles. The fraction of sp³-hybridized carbons (Fsp3) is 0.261. The second-order valence-corrected chi connectivity index (χ2v) is 6.74. The number of methoxy groups -OCH3 is 1. The smallest absolute Gasteiger partial charge is 0.413 e. The molecule has 0 aliphatic heterocycles. The van der Waals surface area contributed by atoms with Crippen LogP contribution in [0.5, 0.6) is 0 Å². The van der Waals surface area contributed by atoms with Crippen LogP contribution in [0.15, 0.2) is 54.6 Å². The molecule has 0 unspecified atom stereocenters. The molecule has 3 rings (SSSR count). The fourth-order valence-corrected chi connectivity index (χ4v) is 3.42. The third-order valence-electron chi connectivity index (χ3n) is 4.80. The number of nitrogens with one attached hydrogen (secondary N) is 1. The van der Waals surface area contributed by atoms with E-state index in [0.29, 0.717) is 29.4 Å². The van der Waals surface area contributed by atoms with Crippen LogP contribution < -0.4 is 11.1 Å². The molecule has 0 aliphatic rings. The van der Waals surface area contributed by atoms with Gasteiger partial charge in [0.25, 0.3) is 5.91 Å². The molecule has 0 aliphatic carbocycles. The molecule has 1 heterocycles. The molecule has 6 nitrogen and oxygen atoms in total. The predicted octanol–water partition coefficient (Wildman–Crippen LogP) is 4.07. The summed E-state index contributed by atoms with van der Waals surface area (Å²) in [6.45, 7) is 0.636. The number of para-hydroxylation sites is 1. The molecule has 3 N–H and O–H groups in total. The summed E-state index contributed by atoms with van der Waals surface area (Å²) >= 11 is 0. The first-order valence-corrected chi connectivity index (χ1v) is 9.72. The predicted molar refractivity (Wildman–Crippen MR) is 114 cm³/mol. The molecular weight excluding hydrogens is 366 g/mol. The van der Waals surface area contributed by atoms with E-state index in [9.17, 15) is 9.59 Å². The molecule has 0 radical (unpaired) electrons. The van der Waals surface area contributed by atoms with Crippen molar-refractivity contribution in [3.63, 3.8) is 0 Å². The maximum atomic E-state index is 13.1. The van der Waals surface area contributed by atoms with E-state index in [1.165, 1.54) is 7.11 Å². The third kappa shape index (κ3) is 4.78. The van der Waals surface area contributed by atoms with Gasteiger partial charge in [-0.05, 0) is 37.4 Å². The Labute approximate surface area is 170 Å². The lowest BCUT2D eigenvalue weighted by Gasteiger charge is -2.17. The Kier molecular flexibility index (Phi) is 6.92. The minimum Gasteiger partial charge on any atom is -0.453 e. The zero-order valence-electron chi connectivity index (χ0n) is 16.5. The van der Waals surface area contributed by atoms with Gasteiger partial charge in [-0.25, -0.2) is 9.78 Å². The quantitative estimate of drug-likeness (QED) is 0.592. The molecule has 150 valence electrons. The van der Waals surface area contributed by atoms with E-state index in [0.717, 1.165) is 36.1 Å². The lowest BCUT2D eigenvalue weighted by Crippen LogP contribution is -2.31. The lowest BCUT2D eigenvalue weighted by atomic mass is 9.92. The summed E-state index contributed by atoms with van der Waals surface area (Å²) in [7, 11) is 1.23. The second kappa shape index (κ2) is 9.80. The maximum Gasteiger partial charge on any atom is 0.413 e. The zero-order valence-corrected chi connectivity index (χ0v) is 16.5. The standard InChI is InChI=1S/C23H25N3O3/c1-29-23(28)26-22(27)20-17-12-7-8-14-19(17)25-21(16-10-4-2-5-11-16)18(20)13-6-3-9-15-24/h2,4-5,7-8,10-12,14H,3,6,9,13,15,24H2,1H3,(H,26,27,28). The summed E-state index contributed by atoms with van der Waals surface area (Å²) in [5.41, 5.74) is 9.30. The van der Waals surface area contributed by atoms with Crippen molar-refractivity contribution >= 4 is 22.9 Å². The lowest BCUT2D eigenvalue weighted by molar-refractivity contribution is 0.0937. The molecule has 0 saturated carbocycles. The Balaban J connectivity index is 2.19. The van der Waals surface area contributed by atoms with E-state index in [-0.39, 0.29) is 0 Å². The number of amides is 2. The number of benzene rings is 2. The molecule has 0 fully saturated rings. The first kappa shape index (κ1) is 20.5. The number of ether oxygens (including phenoxy) is 1. The molecule has 2 aromatic carbocycles. The Hall–Kier alpha value is -3.25. The summed E-state index contributed by atoms with van der Waals surface area (Å²) < 4.78 is 4.62. The van der Waals surface area contributed by atoms with Crippen molar-refractivity contribution in [3.05, 3.63) is 65.7 Å². The zero-order chi connectivity index (χ0) is 20.6. The van der Waals surface area contributed by atoms with Crippen LogP contribution >= 0.6 is 0 Å². The molecule has 29 heavy (non-hydrogen) atoms. The highest BCUT2D eigenvalue weighted by molar-refractivity contribution is 6.12. The molecule has 0 bridgehead atoms. The summed E-state index contributed by atoms with van der Waals surface area (Å²) in [6.07, 6.45) is 2.62. The van der Waals surface area contributed by atoms with Crippen molar-refractivity contribution in [1.29, 1.82) is 0 Å². The maximum absolute atomic E-state index is 13.1. The third-order valence-corrected chi connectivity index (χ3v) is 4.80. The molecule has 3 aromatic rings. The molecule has 2 amide bonds. The summed E-state index contributed by atoms with van der Waals surface area (Å²) in [5, 5.41) is 3.02. The van der Waals surface area contributed by atoms with E-state index < -0.39 is 12.0 Å². The van der Waals surface area contributed by atoms with E-state index in [1.807, 2.05) is 54.6 Å². The van der Waals surface area contributed by atoms with Gasteiger partial charge in [0.15, 0.2) is 0 Å². The number of unbranched alkanes of at least 4 members (excludes halogenated alkanes) is 2. The average molecular weight is 391 g/mol. The van der Waals surface area contributed by atoms with Crippen molar-refractivity contribution in [2.24, 2.45) is 5.73 Å². The Morgan fingerprint density at radius 2 is 1.72 bits per heavy atom. The largest absolute Gasteiger partial charge is 0.453 e. The van der Waals surface area contributed by atoms with Crippen LogP contribution in [-0.4, -0.2) is 30.6 Å². The number of aromatic nitrogens is 1. The summed E-state index contributed by atoms with van der Waals surface area (Å²) in [6, 6.07) is 17.2. The minimum atomic E-state index is -0.786. The molecule has 6 heteroatoms. The number of alkyl carbamates (subject to hydrolysis) is 1. The van der Waals surface area contributed by atoms with Gasteiger partial charge in [-0.15, -0.1) is 0 Å². The Bertz CT molecular complexity index is 1000. The number of pyridine rings is 1. The number of fused-ring (bicyclic) bond motifs is 1. The number of hydrogen-bond acceptors (Lipinski definition) is 5. The first-order chi connectivity index (χ1) is 14.2. The SMILES string of the molecule is COC(=O)NC(=O)c1c(CCCCCN)c(-c2ccccc2)nc2ccccc12.